The molecule has 0 aliphatic heterocycles. The Labute approximate surface area is 193 Å². The number of hydrogen-bond acceptors (Lipinski definition) is 2. The first-order valence-corrected chi connectivity index (χ1v) is 11.1. The number of carbonyl (C=O) groups excluding carboxylic acids is 2. The molecule has 0 spiro atoms. The molecule has 2 rings (SSSR count). The van der Waals surface area contributed by atoms with Gasteiger partial charge in [-0.25, -0.2) is 0 Å². The second kappa shape index (κ2) is 11.6. The van der Waals surface area contributed by atoms with Crippen molar-refractivity contribution in [2.24, 2.45) is 5.92 Å². The van der Waals surface area contributed by atoms with Crippen molar-refractivity contribution in [3.05, 3.63) is 68.7 Å². The SMILES string of the molecule is CC[C@@H](C(=O)NCC(C)C)N(Cc1ccc(Cl)cc1Cl)C(=O)Cc1ccc(Cl)cc1. The third kappa shape index (κ3) is 7.19. The number of nitrogens with zero attached hydrogens (tertiary/aromatic N) is 1. The lowest BCUT2D eigenvalue weighted by Crippen LogP contribution is -2.50. The van der Waals surface area contributed by atoms with Gasteiger partial charge >= 0.3 is 0 Å². The summed E-state index contributed by atoms with van der Waals surface area (Å²) < 4.78 is 0. The van der Waals surface area contributed by atoms with Crippen LogP contribution < -0.4 is 5.32 Å². The predicted molar refractivity (Wildman–Crippen MR) is 124 cm³/mol. The Morgan fingerprint density at radius 3 is 2.20 bits per heavy atom. The molecule has 2 aromatic rings. The fourth-order valence-corrected chi connectivity index (χ4v) is 3.65. The number of halogens is 3. The smallest absolute Gasteiger partial charge is 0.242 e. The van der Waals surface area contributed by atoms with Crippen LogP contribution in [0.3, 0.4) is 0 Å². The molecule has 0 heterocycles. The minimum atomic E-state index is -0.602. The van der Waals surface area contributed by atoms with Crippen molar-refractivity contribution in [3.63, 3.8) is 0 Å². The molecule has 0 saturated heterocycles. The highest BCUT2D eigenvalue weighted by atomic mass is 35.5. The van der Waals surface area contributed by atoms with E-state index in [-0.39, 0.29) is 24.8 Å². The molecule has 1 atom stereocenters. The molecular formula is C23H27Cl3N2O2. The van der Waals surface area contributed by atoms with E-state index in [9.17, 15) is 9.59 Å². The number of benzene rings is 2. The molecule has 0 aromatic heterocycles. The number of hydrogen-bond donors (Lipinski definition) is 1. The van der Waals surface area contributed by atoms with E-state index in [1.807, 2.05) is 32.9 Å². The molecule has 30 heavy (non-hydrogen) atoms. The van der Waals surface area contributed by atoms with Crippen LogP contribution in [0.5, 0.6) is 0 Å². The van der Waals surface area contributed by atoms with E-state index in [1.54, 1.807) is 35.2 Å². The normalized spacial score (nSPS) is 12.0. The minimum Gasteiger partial charge on any atom is -0.354 e. The average Bonchev–Trinajstić information content (AvgIpc) is 2.69. The van der Waals surface area contributed by atoms with E-state index in [1.165, 1.54) is 0 Å². The lowest BCUT2D eigenvalue weighted by Gasteiger charge is -2.31. The summed E-state index contributed by atoms with van der Waals surface area (Å²) in [4.78, 5) is 27.7. The number of amides is 2. The quantitative estimate of drug-likeness (QED) is 0.507. The Kier molecular flexibility index (Phi) is 9.47. The van der Waals surface area contributed by atoms with Gasteiger partial charge in [-0.3, -0.25) is 9.59 Å². The molecule has 162 valence electrons. The van der Waals surface area contributed by atoms with Crippen molar-refractivity contribution in [1.29, 1.82) is 0 Å². The van der Waals surface area contributed by atoms with E-state index in [0.717, 1.165) is 11.1 Å². The largest absolute Gasteiger partial charge is 0.354 e. The predicted octanol–water partition coefficient (Wildman–Crippen LogP) is 5.77. The van der Waals surface area contributed by atoms with Crippen molar-refractivity contribution < 1.29 is 9.59 Å². The highest BCUT2D eigenvalue weighted by molar-refractivity contribution is 6.35. The fraction of sp³-hybridized carbons (Fsp3) is 0.391. The van der Waals surface area contributed by atoms with Crippen LogP contribution in [0.4, 0.5) is 0 Å². The van der Waals surface area contributed by atoms with Gasteiger partial charge in [-0.1, -0.05) is 73.8 Å². The summed E-state index contributed by atoms with van der Waals surface area (Å²) in [7, 11) is 0. The van der Waals surface area contributed by atoms with Crippen LogP contribution in [-0.2, 0) is 22.6 Å². The molecule has 7 heteroatoms. The van der Waals surface area contributed by atoms with E-state index in [4.69, 9.17) is 34.8 Å². The van der Waals surface area contributed by atoms with Crippen molar-refractivity contribution in [2.45, 2.75) is 46.2 Å². The van der Waals surface area contributed by atoms with Gasteiger partial charge < -0.3 is 10.2 Å². The van der Waals surface area contributed by atoms with E-state index < -0.39 is 6.04 Å². The maximum atomic E-state index is 13.3. The summed E-state index contributed by atoms with van der Waals surface area (Å²) in [5, 5.41) is 4.53. The zero-order valence-corrected chi connectivity index (χ0v) is 19.7. The van der Waals surface area contributed by atoms with Gasteiger partial charge in [0.05, 0.1) is 6.42 Å². The fourth-order valence-electron chi connectivity index (χ4n) is 3.05. The monoisotopic (exact) mass is 468 g/mol. The molecule has 4 nitrogen and oxygen atoms in total. The van der Waals surface area contributed by atoms with Gasteiger partial charge in [0, 0.05) is 28.2 Å². The Bertz CT molecular complexity index is 869. The van der Waals surface area contributed by atoms with Crippen molar-refractivity contribution in [3.8, 4) is 0 Å². The Balaban J connectivity index is 2.30. The van der Waals surface area contributed by atoms with Crippen molar-refractivity contribution >= 4 is 46.6 Å². The zero-order chi connectivity index (χ0) is 22.3. The third-order valence-corrected chi connectivity index (χ3v) is 5.53. The lowest BCUT2D eigenvalue weighted by molar-refractivity contribution is -0.141. The molecule has 1 N–H and O–H groups in total. The Hall–Kier alpha value is -1.75. The molecule has 2 aromatic carbocycles. The molecule has 0 unspecified atom stereocenters. The molecule has 0 aliphatic carbocycles. The van der Waals surface area contributed by atoms with Crippen LogP contribution in [-0.4, -0.2) is 29.3 Å². The van der Waals surface area contributed by atoms with Crippen LogP contribution in [0.25, 0.3) is 0 Å². The van der Waals surface area contributed by atoms with E-state index in [2.05, 4.69) is 5.32 Å². The number of nitrogens with one attached hydrogen (secondary N) is 1. The van der Waals surface area contributed by atoms with Crippen LogP contribution >= 0.6 is 34.8 Å². The van der Waals surface area contributed by atoms with Gasteiger partial charge in [-0.2, -0.15) is 0 Å². The topological polar surface area (TPSA) is 49.4 Å². The van der Waals surface area contributed by atoms with Crippen molar-refractivity contribution in [1.82, 2.24) is 10.2 Å². The van der Waals surface area contributed by atoms with Crippen LogP contribution in [0.15, 0.2) is 42.5 Å². The summed E-state index contributed by atoms with van der Waals surface area (Å²) in [6.07, 6.45) is 0.651. The molecule has 2 amide bonds. The summed E-state index contributed by atoms with van der Waals surface area (Å²) in [6.45, 7) is 6.72. The first-order chi connectivity index (χ1) is 14.2. The van der Waals surface area contributed by atoms with Gasteiger partial charge in [-0.15, -0.1) is 0 Å². The molecule has 0 fully saturated rings. The molecule has 0 aliphatic rings. The first-order valence-electron chi connectivity index (χ1n) is 9.96. The second-order valence-corrected chi connectivity index (χ2v) is 8.90. The van der Waals surface area contributed by atoms with Gasteiger partial charge in [0.15, 0.2) is 0 Å². The van der Waals surface area contributed by atoms with E-state index >= 15 is 0 Å². The summed E-state index contributed by atoms with van der Waals surface area (Å²) in [5.41, 5.74) is 1.56. The zero-order valence-electron chi connectivity index (χ0n) is 17.4. The minimum absolute atomic E-state index is 0.158. The maximum Gasteiger partial charge on any atom is 0.242 e. The molecular weight excluding hydrogens is 443 g/mol. The second-order valence-electron chi connectivity index (χ2n) is 7.62. The maximum absolute atomic E-state index is 13.3. The number of rotatable bonds is 9. The molecule has 0 saturated carbocycles. The highest BCUT2D eigenvalue weighted by Gasteiger charge is 2.29. The van der Waals surface area contributed by atoms with Crippen LogP contribution in [0, 0.1) is 5.92 Å². The summed E-state index contributed by atoms with van der Waals surface area (Å²) in [6, 6.07) is 11.7. The Morgan fingerprint density at radius 2 is 1.63 bits per heavy atom. The Morgan fingerprint density at radius 1 is 1.00 bits per heavy atom. The van der Waals surface area contributed by atoms with Gasteiger partial charge in [0.1, 0.15) is 6.04 Å². The van der Waals surface area contributed by atoms with Gasteiger partial charge in [0.25, 0.3) is 0 Å². The van der Waals surface area contributed by atoms with Crippen molar-refractivity contribution in [2.75, 3.05) is 6.54 Å². The third-order valence-electron chi connectivity index (χ3n) is 4.69. The summed E-state index contributed by atoms with van der Waals surface area (Å²) in [5.74, 6) is -0.00832. The molecule has 0 radical (unpaired) electrons. The summed E-state index contributed by atoms with van der Waals surface area (Å²) >= 11 is 18.3. The van der Waals surface area contributed by atoms with Crippen LogP contribution in [0.2, 0.25) is 15.1 Å². The highest BCUT2D eigenvalue weighted by Crippen LogP contribution is 2.24. The lowest BCUT2D eigenvalue weighted by atomic mass is 10.1. The van der Waals surface area contributed by atoms with Crippen LogP contribution in [0.1, 0.15) is 38.3 Å². The van der Waals surface area contributed by atoms with E-state index in [0.29, 0.717) is 34.0 Å². The number of carbonyl (C=O) groups is 2. The van der Waals surface area contributed by atoms with Gasteiger partial charge in [-0.05, 0) is 47.7 Å². The molecule has 0 bridgehead atoms. The standard InChI is InChI=1S/C23H27Cl3N2O2/c1-4-21(23(30)27-13-15(2)3)28(14-17-7-10-19(25)12-20(17)26)22(29)11-16-5-8-18(24)9-6-16/h5-10,12,15,21H,4,11,13-14H2,1-3H3,(H,27,30)/t21-/m0/s1. The average molecular weight is 470 g/mol. The first kappa shape index (κ1) is 24.5. The van der Waals surface area contributed by atoms with Gasteiger partial charge in [0.2, 0.25) is 11.8 Å².